The van der Waals surface area contributed by atoms with Gasteiger partial charge in [0.1, 0.15) is 5.52 Å². The van der Waals surface area contributed by atoms with Gasteiger partial charge in [-0.25, -0.2) is 4.98 Å². The van der Waals surface area contributed by atoms with Crippen molar-refractivity contribution in [3.8, 4) is 6.07 Å². The Morgan fingerprint density at radius 3 is 3.13 bits per heavy atom. The minimum atomic E-state index is 0.200. The maximum Gasteiger partial charge on any atom is 0.192 e. The van der Waals surface area contributed by atoms with Crippen molar-refractivity contribution in [2.24, 2.45) is 5.92 Å². The van der Waals surface area contributed by atoms with Gasteiger partial charge in [0.15, 0.2) is 11.5 Å². The third kappa shape index (κ3) is 1.30. The number of hydrogen-bond acceptors (Lipinski definition) is 3. The molecule has 3 rings (SSSR count). The van der Waals surface area contributed by atoms with Gasteiger partial charge in [-0.2, -0.15) is 5.26 Å². The van der Waals surface area contributed by atoms with Gasteiger partial charge in [0.05, 0.1) is 12.0 Å². The Morgan fingerprint density at radius 1 is 1.53 bits per heavy atom. The molecule has 2 aromatic rings. The van der Waals surface area contributed by atoms with Crippen LogP contribution in [0.1, 0.15) is 23.8 Å². The fourth-order valence-corrected chi connectivity index (χ4v) is 1.99. The highest BCUT2D eigenvalue weighted by molar-refractivity contribution is 5.73. The van der Waals surface area contributed by atoms with E-state index in [9.17, 15) is 0 Å². The minimum Gasteiger partial charge on any atom is -0.441 e. The monoisotopic (exact) mass is 198 g/mol. The molecule has 1 heterocycles. The van der Waals surface area contributed by atoms with E-state index in [1.165, 1.54) is 5.56 Å². The van der Waals surface area contributed by atoms with Gasteiger partial charge in [0.2, 0.25) is 0 Å². The van der Waals surface area contributed by atoms with Gasteiger partial charge in [-0.1, -0.05) is 6.07 Å². The summed E-state index contributed by atoms with van der Waals surface area (Å²) in [6.45, 7) is 1.84. The van der Waals surface area contributed by atoms with E-state index >= 15 is 0 Å². The van der Waals surface area contributed by atoms with Gasteiger partial charge in [-0.15, -0.1) is 0 Å². The van der Waals surface area contributed by atoms with E-state index in [0.717, 1.165) is 17.5 Å². The first-order chi connectivity index (χ1) is 7.28. The number of rotatable bonds is 1. The van der Waals surface area contributed by atoms with E-state index < -0.39 is 0 Å². The number of benzene rings is 1. The van der Waals surface area contributed by atoms with Crippen molar-refractivity contribution >= 4 is 11.1 Å². The molecule has 0 N–H and O–H groups in total. The van der Waals surface area contributed by atoms with Crippen LogP contribution in [0.5, 0.6) is 0 Å². The molecule has 0 spiro atoms. The highest BCUT2D eigenvalue weighted by Gasteiger charge is 2.38. The lowest BCUT2D eigenvalue weighted by molar-refractivity contribution is 0.560. The van der Waals surface area contributed by atoms with Crippen molar-refractivity contribution in [3.05, 3.63) is 29.7 Å². The molecule has 0 bridgehead atoms. The van der Waals surface area contributed by atoms with Gasteiger partial charge in [0.25, 0.3) is 0 Å². The van der Waals surface area contributed by atoms with Gasteiger partial charge in [0, 0.05) is 12.8 Å². The topological polar surface area (TPSA) is 49.8 Å². The zero-order valence-electron chi connectivity index (χ0n) is 8.40. The number of oxazole rings is 1. The Bertz CT molecular complexity index is 564. The second kappa shape index (κ2) is 2.83. The average molecular weight is 198 g/mol. The van der Waals surface area contributed by atoms with Crippen LogP contribution < -0.4 is 0 Å². The summed E-state index contributed by atoms with van der Waals surface area (Å²) in [6, 6.07) is 8.32. The van der Waals surface area contributed by atoms with Gasteiger partial charge in [-0.3, -0.25) is 0 Å². The van der Waals surface area contributed by atoms with E-state index in [4.69, 9.17) is 9.68 Å². The summed E-state index contributed by atoms with van der Waals surface area (Å²) in [4.78, 5) is 4.24. The lowest BCUT2D eigenvalue weighted by Gasteiger charge is -1.95. The summed E-state index contributed by atoms with van der Waals surface area (Å²) in [6.07, 6.45) is 0.981. The van der Waals surface area contributed by atoms with Crippen LogP contribution in [-0.4, -0.2) is 4.98 Å². The average Bonchev–Trinajstić information content (AvgIpc) is 2.92. The number of aromatic nitrogens is 1. The molecule has 1 saturated carbocycles. The van der Waals surface area contributed by atoms with Crippen LogP contribution >= 0.6 is 0 Å². The summed E-state index contributed by atoms with van der Waals surface area (Å²) in [5, 5.41) is 8.77. The largest absolute Gasteiger partial charge is 0.441 e. The first-order valence-corrected chi connectivity index (χ1v) is 5.04. The zero-order valence-corrected chi connectivity index (χ0v) is 8.40. The molecule has 15 heavy (non-hydrogen) atoms. The molecular weight excluding hydrogens is 188 g/mol. The van der Waals surface area contributed by atoms with Gasteiger partial charge < -0.3 is 4.42 Å². The highest BCUT2D eigenvalue weighted by atomic mass is 16.3. The molecule has 1 aliphatic rings. The SMILES string of the molecule is Cc1nc2ccc(C3CC3C#N)cc2o1. The van der Waals surface area contributed by atoms with Crippen LogP contribution in [0.2, 0.25) is 0 Å². The molecule has 74 valence electrons. The lowest BCUT2D eigenvalue weighted by atomic mass is 10.1. The molecule has 0 radical (unpaired) electrons. The van der Waals surface area contributed by atoms with E-state index in [0.29, 0.717) is 11.8 Å². The second-order valence-corrected chi connectivity index (χ2v) is 4.04. The van der Waals surface area contributed by atoms with Crippen LogP contribution in [-0.2, 0) is 0 Å². The predicted octanol–water partition coefficient (Wildman–Crippen LogP) is 2.76. The molecule has 3 nitrogen and oxygen atoms in total. The van der Waals surface area contributed by atoms with Crippen LogP contribution in [0.25, 0.3) is 11.1 Å². The molecule has 0 saturated heterocycles. The van der Waals surface area contributed by atoms with Crippen LogP contribution in [0, 0.1) is 24.2 Å². The van der Waals surface area contributed by atoms with Gasteiger partial charge in [-0.05, 0) is 24.1 Å². The highest BCUT2D eigenvalue weighted by Crippen LogP contribution is 2.47. The quantitative estimate of drug-likeness (QED) is 0.707. The minimum absolute atomic E-state index is 0.200. The van der Waals surface area contributed by atoms with Gasteiger partial charge >= 0.3 is 0 Å². The summed E-state index contributed by atoms with van der Waals surface area (Å²) < 4.78 is 5.46. The molecule has 3 heteroatoms. The fraction of sp³-hybridized carbons (Fsp3) is 0.333. The molecule has 1 fully saturated rings. The lowest BCUT2D eigenvalue weighted by Crippen LogP contribution is -1.81. The second-order valence-electron chi connectivity index (χ2n) is 4.04. The first kappa shape index (κ1) is 8.49. The maximum absolute atomic E-state index is 8.77. The van der Waals surface area contributed by atoms with Crippen molar-refractivity contribution in [2.45, 2.75) is 19.3 Å². The van der Waals surface area contributed by atoms with Crippen molar-refractivity contribution in [3.63, 3.8) is 0 Å². The Hall–Kier alpha value is -1.82. The Morgan fingerprint density at radius 2 is 2.40 bits per heavy atom. The Labute approximate surface area is 87.3 Å². The van der Waals surface area contributed by atoms with Crippen LogP contribution in [0.3, 0.4) is 0 Å². The van der Waals surface area contributed by atoms with E-state index in [2.05, 4.69) is 11.1 Å². The zero-order chi connectivity index (χ0) is 10.4. The van der Waals surface area contributed by atoms with Crippen molar-refractivity contribution in [2.75, 3.05) is 0 Å². The Kier molecular flexibility index (Phi) is 1.60. The molecule has 1 aromatic heterocycles. The molecule has 0 aliphatic heterocycles. The standard InChI is InChI=1S/C12H10N2O/c1-7-14-11-3-2-8(5-12(11)15-7)10-4-9(10)6-13/h2-3,5,9-10H,4H2,1H3. The summed E-state index contributed by atoms with van der Waals surface area (Å²) in [7, 11) is 0. The summed E-state index contributed by atoms with van der Waals surface area (Å²) in [5.41, 5.74) is 2.92. The third-order valence-electron chi connectivity index (χ3n) is 2.90. The number of nitriles is 1. The maximum atomic E-state index is 8.77. The first-order valence-electron chi connectivity index (χ1n) is 5.04. The number of fused-ring (bicyclic) bond motifs is 1. The molecule has 1 aromatic carbocycles. The molecule has 0 amide bonds. The van der Waals surface area contributed by atoms with E-state index in [1.54, 1.807) is 0 Å². The summed E-state index contributed by atoms with van der Waals surface area (Å²) in [5.74, 6) is 1.30. The van der Waals surface area contributed by atoms with Crippen molar-refractivity contribution in [1.82, 2.24) is 4.98 Å². The molecular formula is C12H10N2O. The normalized spacial score (nSPS) is 24.0. The van der Waals surface area contributed by atoms with Crippen molar-refractivity contribution in [1.29, 1.82) is 5.26 Å². The predicted molar refractivity (Wildman–Crippen MR) is 55.2 cm³/mol. The van der Waals surface area contributed by atoms with Crippen LogP contribution in [0.4, 0.5) is 0 Å². The fourth-order valence-electron chi connectivity index (χ4n) is 1.99. The smallest absolute Gasteiger partial charge is 0.192 e. The number of hydrogen-bond donors (Lipinski definition) is 0. The van der Waals surface area contributed by atoms with E-state index in [1.807, 2.05) is 25.1 Å². The number of nitrogens with zero attached hydrogens (tertiary/aromatic N) is 2. The van der Waals surface area contributed by atoms with Crippen molar-refractivity contribution < 1.29 is 4.42 Å². The number of aryl methyl sites for hydroxylation is 1. The third-order valence-corrected chi connectivity index (χ3v) is 2.90. The molecule has 2 unspecified atom stereocenters. The Balaban J connectivity index is 2.04. The molecule has 1 aliphatic carbocycles. The summed E-state index contributed by atoms with van der Waals surface area (Å²) >= 11 is 0. The molecule has 2 atom stereocenters. The van der Waals surface area contributed by atoms with Crippen LogP contribution in [0.15, 0.2) is 22.6 Å². The van der Waals surface area contributed by atoms with E-state index in [-0.39, 0.29) is 5.92 Å².